The molecule has 1 saturated heterocycles. The van der Waals surface area contributed by atoms with Crippen molar-refractivity contribution in [2.75, 3.05) is 27.2 Å². The minimum Gasteiger partial charge on any atom is -0.497 e. The summed E-state index contributed by atoms with van der Waals surface area (Å²) in [6.07, 6.45) is 0.613. The minimum atomic E-state index is -0.233. The highest BCUT2D eigenvalue weighted by molar-refractivity contribution is 8.93. The van der Waals surface area contributed by atoms with Crippen LogP contribution in [-0.4, -0.2) is 43.4 Å². The van der Waals surface area contributed by atoms with E-state index in [0.29, 0.717) is 0 Å². The summed E-state index contributed by atoms with van der Waals surface area (Å²) >= 11 is 0. The van der Waals surface area contributed by atoms with Gasteiger partial charge in [0.15, 0.2) is 0 Å². The largest absolute Gasteiger partial charge is 0.497 e. The van der Waals surface area contributed by atoms with Gasteiger partial charge in [-0.2, -0.15) is 0 Å². The zero-order valence-electron chi connectivity index (χ0n) is 10.3. The fraction of sp³-hybridized carbons (Fsp3) is 0.538. The second kappa shape index (κ2) is 6.38. The van der Waals surface area contributed by atoms with Gasteiger partial charge in [-0.1, -0.05) is 12.1 Å². The predicted molar refractivity (Wildman–Crippen MR) is 74.2 cm³/mol. The van der Waals surface area contributed by atoms with E-state index in [1.165, 1.54) is 5.56 Å². The molecule has 1 aromatic carbocycles. The van der Waals surface area contributed by atoms with Gasteiger partial charge in [0.25, 0.3) is 0 Å². The van der Waals surface area contributed by atoms with E-state index in [2.05, 4.69) is 18.0 Å². The zero-order valence-corrected chi connectivity index (χ0v) is 12.0. The van der Waals surface area contributed by atoms with Gasteiger partial charge in [-0.25, -0.2) is 0 Å². The lowest BCUT2D eigenvalue weighted by Gasteiger charge is -2.34. The molecule has 3 nitrogen and oxygen atoms in total. The van der Waals surface area contributed by atoms with Crippen molar-refractivity contribution < 1.29 is 9.84 Å². The maximum atomic E-state index is 10.0. The van der Waals surface area contributed by atoms with Crippen LogP contribution in [0.1, 0.15) is 17.9 Å². The number of rotatable bonds is 2. The van der Waals surface area contributed by atoms with Gasteiger partial charge in [-0.3, -0.25) is 0 Å². The first-order valence-corrected chi connectivity index (χ1v) is 5.71. The van der Waals surface area contributed by atoms with E-state index in [9.17, 15) is 5.11 Å². The van der Waals surface area contributed by atoms with Crippen molar-refractivity contribution in [1.82, 2.24) is 4.90 Å². The molecule has 0 unspecified atom stereocenters. The molecule has 0 bridgehead atoms. The lowest BCUT2D eigenvalue weighted by atomic mass is 9.88. The molecule has 4 heteroatoms. The van der Waals surface area contributed by atoms with E-state index in [-0.39, 0.29) is 29.0 Å². The Kier molecular flexibility index (Phi) is 5.43. The van der Waals surface area contributed by atoms with Crippen LogP contribution in [0, 0.1) is 0 Å². The summed E-state index contributed by atoms with van der Waals surface area (Å²) in [6, 6.07) is 8.00. The summed E-state index contributed by atoms with van der Waals surface area (Å²) in [5, 5.41) is 10.0. The van der Waals surface area contributed by atoms with Crippen LogP contribution in [0.15, 0.2) is 24.3 Å². The van der Waals surface area contributed by atoms with Crippen LogP contribution in [0.4, 0.5) is 0 Å². The number of aliphatic hydroxyl groups excluding tert-OH is 1. The number of ether oxygens (including phenoxy) is 1. The monoisotopic (exact) mass is 301 g/mol. The molecule has 96 valence electrons. The number of hydrogen-bond donors (Lipinski definition) is 1. The fourth-order valence-corrected chi connectivity index (χ4v) is 2.30. The van der Waals surface area contributed by atoms with E-state index < -0.39 is 0 Å². The maximum Gasteiger partial charge on any atom is 0.119 e. The number of likely N-dealkylation sites (tertiary alicyclic amines) is 1. The van der Waals surface area contributed by atoms with Crippen LogP contribution in [-0.2, 0) is 0 Å². The second-order valence-electron chi connectivity index (χ2n) is 4.50. The van der Waals surface area contributed by atoms with Crippen molar-refractivity contribution in [3.63, 3.8) is 0 Å². The molecule has 2 rings (SSSR count). The minimum absolute atomic E-state index is 0. The summed E-state index contributed by atoms with van der Waals surface area (Å²) in [7, 11) is 3.77. The van der Waals surface area contributed by atoms with Crippen molar-refractivity contribution in [2.24, 2.45) is 0 Å². The van der Waals surface area contributed by atoms with Gasteiger partial charge in [-0.15, -0.1) is 17.0 Å². The van der Waals surface area contributed by atoms with Crippen LogP contribution in [0.5, 0.6) is 5.75 Å². The Morgan fingerprint density at radius 1 is 1.41 bits per heavy atom. The molecule has 0 spiro atoms. The van der Waals surface area contributed by atoms with E-state index in [0.717, 1.165) is 25.3 Å². The zero-order chi connectivity index (χ0) is 11.5. The molecule has 1 heterocycles. The summed E-state index contributed by atoms with van der Waals surface area (Å²) in [5.74, 6) is 1.06. The van der Waals surface area contributed by atoms with Crippen LogP contribution in [0.3, 0.4) is 0 Å². The molecule has 2 atom stereocenters. The molecule has 0 saturated carbocycles. The Hall–Kier alpha value is -0.580. The van der Waals surface area contributed by atoms with Crippen LogP contribution >= 0.6 is 17.0 Å². The molecule has 1 aliphatic heterocycles. The van der Waals surface area contributed by atoms with Gasteiger partial charge in [0.05, 0.1) is 13.2 Å². The van der Waals surface area contributed by atoms with E-state index in [1.54, 1.807) is 7.11 Å². The third kappa shape index (κ3) is 3.44. The highest BCUT2D eigenvalue weighted by Gasteiger charge is 2.27. The highest BCUT2D eigenvalue weighted by Crippen LogP contribution is 2.28. The molecule has 0 amide bonds. The normalized spacial score (nSPS) is 25.1. The number of nitrogens with zero attached hydrogens (tertiary/aromatic N) is 1. The van der Waals surface area contributed by atoms with Gasteiger partial charge < -0.3 is 14.7 Å². The maximum absolute atomic E-state index is 10.0. The summed E-state index contributed by atoms with van der Waals surface area (Å²) < 4.78 is 5.21. The van der Waals surface area contributed by atoms with Crippen LogP contribution in [0.25, 0.3) is 0 Å². The molecule has 0 aromatic heterocycles. The Morgan fingerprint density at radius 2 is 2.18 bits per heavy atom. The lowest BCUT2D eigenvalue weighted by Crippen LogP contribution is -2.39. The lowest BCUT2D eigenvalue weighted by molar-refractivity contribution is 0.0708. The second-order valence-corrected chi connectivity index (χ2v) is 4.50. The average Bonchev–Trinajstić information content (AvgIpc) is 2.32. The predicted octanol–water partition coefficient (Wildman–Crippen LogP) is 2.05. The third-order valence-electron chi connectivity index (χ3n) is 3.30. The van der Waals surface area contributed by atoms with E-state index in [1.807, 2.05) is 18.2 Å². The Labute approximate surface area is 113 Å². The molecular formula is C13H20BrNO2. The standard InChI is InChI=1S/C13H19NO2.BrH/c1-14-7-6-13(15)12(9-14)10-4-3-5-11(8-10)16-2;/h3-5,8,12-13,15H,6-7,9H2,1-2H3;1H/t12-,13+;/m1./s1. The quantitative estimate of drug-likeness (QED) is 0.907. The Bertz CT molecular complexity index is 359. The fourth-order valence-electron chi connectivity index (χ4n) is 2.30. The molecule has 1 aromatic rings. The number of halogens is 1. The van der Waals surface area contributed by atoms with Crippen molar-refractivity contribution in [2.45, 2.75) is 18.4 Å². The number of piperidine rings is 1. The molecule has 17 heavy (non-hydrogen) atoms. The first kappa shape index (κ1) is 14.5. The van der Waals surface area contributed by atoms with Crippen LogP contribution in [0.2, 0.25) is 0 Å². The number of likely N-dealkylation sites (N-methyl/N-ethyl adjacent to an activating group) is 1. The van der Waals surface area contributed by atoms with Gasteiger partial charge >= 0.3 is 0 Å². The van der Waals surface area contributed by atoms with Crippen molar-refractivity contribution >= 4 is 17.0 Å². The third-order valence-corrected chi connectivity index (χ3v) is 3.30. The van der Waals surface area contributed by atoms with Gasteiger partial charge in [0, 0.05) is 19.0 Å². The Balaban J connectivity index is 0.00000144. The van der Waals surface area contributed by atoms with Gasteiger partial charge in [0.1, 0.15) is 5.75 Å². The topological polar surface area (TPSA) is 32.7 Å². The van der Waals surface area contributed by atoms with Gasteiger partial charge in [-0.05, 0) is 31.2 Å². The van der Waals surface area contributed by atoms with E-state index in [4.69, 9.17) is 4.74 Å². The first-order chi connectivity index (χ1) is 7.70. The summed E-state index contributed by atoms with van der Waals surface area (Å²) in [4.78, 5) is 2.26. The molecule has 0 radical (unpaired) electrons. The molecular weight excluding hydrogens is 282 g/mol. The number of methoxy groups -OCH3 is 1. The highest BCUT2D eigenvalue weighted by atomic mass is 79.9. The van der Waals surface area contributed by atoms with Gasteiger partial charge in [0.2, 0.25) is 0 Å². The average molecular weight is 302 g/mol. The molecule has 1 N–H and O–H groups in total. The van der Waals surface area contributed by atoms with Crippen molar-refractivity contribution in [3.8, 4) is 5.75 Å². The smallest absolute Gasteiger partial charge is 0.119 e. The number of hydrogen-bond acceptors (Lipinski definition) is 3. The van der Waals surface area contributed by atoms with Crippen molar-refractivity contribution in [1.29, 1.82) is 0 Å². The SMILES string of the molecule is Br.COc1cccc([C@H]2CN(C)CC[C@@H]2O)c1. The first-order valence-electron chi connectivity index (χ1n) is 5.71. The summed E-state index contributed by atoms with van der Waals surface area (Å²) in [6.45, 7) is 1.88. The van der Waals surface area contributed by atoms with E-state index >= 15 is 0 Å². The molecule has 0 aliphatic carbocycles. The molecule has 1 fully saturated rings. The molecule has 1 aliphatic rings. The number of aliphatic hydroxyl groups is 1. The number of benzene rings is 1. The van der Waals surface area contributed by atoms with Crippen LogP contribution < -0.4 is 4.74 Å². The van der Waals surface area contributed by atoms with Crippen molar-refractivity contribution in [3.05, 3.63) is 29.8 Å². The Morgan fingerprint density at radius 3 is 2.88 bits per heavy atom. The summed E-state index contributed by atoms with van der Waals surface area (Å²) in [5.41, 5.74) is 1.17.